The normalized spacial score (nSPS) is 19.3. The number of H-pyrrole nitrogens is 1. The van der Waals surface area contributed by atoms with Crippen LogP contribution < -0.4 is 28.4 Å². The van der Waals surface area contributed by atoms with Crippen molar-refractivity contribution in [3.05, 3.63) is 58.1 Å². The lowest BCUT2D eigenvalue weighted by Crippen LogP contribution is -3.00. The number of halogens is 1. The molecule has 2 heterocycles. The molecular formula is C21H28ClN3O5. The molecule has 0 spiro atoms. The third kappa shape index (κ3) is 6.04. The molecular weight excluding hydrogens is 410 g/mol. The topological polar surface area (TPSA) is 108 Å². The highest BCUT2D eigenvalue weighted by Crippen LogP contribution is 2.20. The molecule has 1 aliphatic rings. The second kappa shape index (κ2) is 10.6. The van der Waals surface area contributed by atoms with Crippen LogP contribution >= 0.6 is 0 Å². The Balaban J connectivity index is 0.00000320. The zero-order valence-electron chi connectivity index (χ0n) is 17.3. The summed E-state index contributed by atoms with van der Waals surface area (Å²) in [7, 11) is 0. The van der Waals surface area contributed by atoms with Gasteiger partial charge < -0.3 is 32.4 Å². The van der Waals surface area contributed by atoms with Crippen molar-refractivity contribution in [3.63, 3.8) is 0 Å². The number of hydrogen-bond acceptors (Lipinski definition) is 6. The van der Waals surface area contributed by atoms with Crippen LogP contribution in [0.5, 0.6) is 0 Å². The van der Waals surface area contributed by atoms with Gasteiger partial charge in [-0.1, -0.05) is 38.1 Å². The zero-order valence-corrected chi connectivity index (χ0v) is 18.1. The number of anilines is 1. The van der Waals surface area contributed by atoms with E-state index in [9.17, 15) is 9.59 Å². The van der Waals surface area contributed by atoms with Crippen LogP contribution in [0, 0.1) is 5.92 Å². The van der Waals surface area contributed by atoms with Crippen molar-refractivity contribution >= 4 is 11.8 Å². The molecule has 3 N–H and O–H groups in total. The van der Waals surface area contributed by atoms with Crippen LogP contribution in [0.2, 0.25) is 0 Å². The SMILES string of the molecule is CC(C)Cc1ccc([C@H](C)C(=O)OC[C@H]2OC[C@@H]([n+]3ccc(N)[nH]c3=O)O2)cc1.[Cl-]. The van der Waals surface area contributed by atoms with Crippen molar-refractivity contribution in [3.8, 4) is 0 Å². The molecule has 0 amide bonds. The highest BCUT2D eigenvalue weighted by molar-refractivity contribution is 5.77. The van der Waals surface area contributed by atoms with Gasteiger partial charge in [-0.3, -0.25) is 4.79 Å². The Labute approximate surface area is 181 Å². The molecule has 1 aromatic heterocycles. The first-order valence-corrected chi connectivity index (χ1v) is 9.76. The average Bonchev–Trinajstić information content (AvgIpc) is 3.14. The van der Waals surface area contributed by atoms with E-state index in [-0.39, 0.29) is 37.4 Å². The molecule has 0 aliphatic carbocycles. The number of aromatic nitrogens is 2. The maximum atomic E-state index is 12.4. The largest absolute Gasteiger partial charge is 1.00 e. The van der Waals surface area contributed by atoms with Crippen molar-refractivity contribution in [1.82, 2.24) is 4.98 Å². The Hall–Kier alpha value is -2.42. The highest BCUT2D eigenvalue weighted by atomic mass is 35.5. The predicted octanol–water partition coefficient (Wildman–Crippen LogP) is -1.33. The van der Waals surface area contributed by atoms with Gasteiger partial charge in [-0.25, -0.2) is 0 Å². The fourth-order valence-corrected chi connectivity index (χ4v) is 3.19. The fraction of sp³-hybridized carbons (Fsp3) is 0.476. The van der Waals surface area contributed by atoms with E-state index in [0.29, 0.717) is 5.92 Å². The lowest BCUT2D eigenvalue weighted by Gasteiger charge is -2.15. The lowest BCUT2D eigenvalue weighted by molar-refractivity contribution is -0.771. The minimum absolute atomic E-state index is 0. The standard InChI is InChI=1S/C21H27N3O5.ClH/c1-13(2)10-15-4-6-16(7-5-15)14(3)20(25)28-12-19-27-11-18(29-19)24-9-8-17(22)23-21(24)26;/h4-9,13-14,18-19H,10-12H2,1-3H3,(H2,22,23,26);1H/t14-,18-,19-;/m0./s1. The zero-order chi connectivity index (χ0) is 21.0. The van der Waals surface area contributed by atoms with Crippen LogP contribution in [-0.4, -0.2) is 30.5 Å². The van der Waals surface area contributed by atoms with E-state index in [2.05, 4.69) is 18.8 Å². The minimum Gasteiger partial charge on any atom is -1.00 e. The summed E-state index contributed by atoms with van der Waals surface area (Å²) in [5, 5.41) is 0. The Morgan fingerprint density at radius 3 is 2.60 bits per heavy atom. The van der Waals surface area contributed by atoms with Gasteiger partial charge in [-0.15, -0.1) is 0 Å². The molecule has 2 aromatic rings. The summed E-state index contributed by atoms with van der Waals surface area (Å²) >= 11 is 0. The summed E-state index contributed by atoms with van der Waals surface area (Å²) in [6.45, 7) is 6.29. The number of nitrogens with two attached hydrogens (primary N) is 1. The first-order chi connectivity index (χ1) is 13.8. The molecule has 0 saturated carbocycles. The second-order valence-corrected chi connectivity index (χ2v) is 7.65. The summed E-state index contributed by atoms with van der Waals surface area (Å²) in [5.41, 5.74) is 7.29. The van der Waals surface area contributed by atoms with E-state index in [1.165, 1.54) is 16.3 Å². The lowest BCUT2D eigenvalue weighted by atomic mass is 9.97. The molecule has 8 nitrogen and oxygen atoms in total. The van der Waals surface area contributed by atoms with Crippen molar-refractivity contribution in [2.45, 2.75) is 45.6 Å². The van der Waals surface area contributed by atoms with Gasteiger partial charge >= 0.3 is 11.7 Å². The summed E-state index contributed by atoms with van der Waals surface area (Å²) in [6, 6.07) is 9.59. The summed E-state index contributed by atoms with van der Waals surface area (Å²) in [6.07, 6.45) is 1.20. The smallest absolute Gasteiger partial charge is 0.499 e. The molecule has 1 aliphatic heterocycles. The molecule has 0 unspecified atom stereocenters. The van der Waals surface area contributed by atoms with Crippen LogP contribution in [0.25, 0.3) is 0 Å². The van der Waals surface area contributed by atoms with Gasteiger partial charge in [0.2, 0.25) is 6.23 Å². The Morgan fingerprint density at radius 2 is 1.97 bits per heavy atom. The van der Waals surface area contributed by atoms with Crippen LogP contribution in [0.4, 0.5) is 5.82 Å². The molecule has 0 radical (unpaired) electrons. The number of carbonyl (C=O) groups excluding carboxylic acids is 1. The quantitative estimate of drug-likeness (QED) is 0.410. The van der Waals surface area contributed by atoms with Gasteiger partial charge in [-0.2, -0.15) is 14.3 Å². The van der Waals surface area contributed by atoms with E-state index < -0.39 is 24.1 Å². The summed E-state index contributed by atoms with van der Waals surface area (Å²) in [5.74, 6) is 0.104. The van der Waals surface area contributed by atoms with Gasteiger partial charge in [0.1, 0.15) is 19.4 Å². The molecule has 3 atom stereocenters. The van der Waals surface area contributed by atoms with Crippen LogP contribution in [0.3, 0.4) is 0 Å². The maximum absolute atomic E-state index is 12.4. The first kappa shape index (κ1) is 23.9. The number of aromatic amines is 1. The van der Waals surface area contributed by atoms with Gasteiger partial charge in [0.05, 0.1) is 5.92 Å². The molecule has 0 bridgehead atoms. The van der Waals surface area contributed by atoms with E-state index >= 15 is 0 Å². The number of esters is 1. The molecule has 9 heteroatoms. The summed E-state index contributed by atoms with van der Waals surface area (Å²) < 4.78 is 17.9. The van der Waals surface area contributed by atoms with E-state index in [4.69, 9.17) is 19.9 Å². The Kier molecular flexibility index (Phi) is 8.40. The maximum Gasteiger partial charge on any atom is 0.499 e. The Morgan fingerprint density at radius 1 is 1.27 bits per heavy atom. The third-order valence-electron chi connectivity index (χ3n) is 4.78. The monoisotopic (exact) mass is 437 g/mol. The van der Waals surface area contributed by atoms with Gasteiger partial charge in [0.15, 0.2) is 12.1 Å². The minimum atomic E-state index is -0.728. The number of nitrogens with zero attached hydrogens (tertiary/aromatic N) is 1. The number of nitrogens with one attached hydrogen (secondary N) is 1. The molecule has 3 rings (SSSR count). The number of rotatable bonds is 7. The van der Waals surface area contributed by atoms with Crippen LogP contribution in [0.1, 0.15) is 44.0 Å². The number of benzene rings is 1. The van der Waals surface area contributed by atoms with Crippen molar-refractivity contribution in [2.24, 2.45) is 5.92 Å². The van der Waals surface area contributed by atoms with Crippen molar-refractivity contribution in [1.29, 1.82) is 0 Å². The van der Waals surface area contributed by atoms with Crippen molar-refractivity contribution < 1.29 is 36.0 Å². The van der Waals surface area contributed by atoms with Gasteiger partial charge in [0.25, 0.3) is 0 Å². The van der Waals surface area contributed by atoms with Gasteiger partial charge in [0, 0.05) is 6.07 Å². The third-order valence-corrected chi connectivity index (χ3v) is 4.78. The number of carbonyl (C=O) groups is 1. The van der Waals surface area contributed by atoms with E-state index in [1.807, 2.05) is 31.2 Å². The average molecular weight is 438 g/mol. The van der Waals surface area contributed by atoms with Crippen LogP contribution in [0.15, 0.2) is 41.3 Å². The molecule has 1 fully saturated rings. The molecule has 1 saturated heterocycles. The second-order valence-electron chi connectivity index (χ2n) is 7.65. The van der Waals surface area contributed by atoms with Crippen molar-refractivity contribution in [2.75, 3.05) is 18.9 Å². The number of hydrogen-bond donors (Lipinski definition) is 2. The number of nitrogen functional groups attached to an aromatic ring is 1. The predicted molar refractivity (Wildman–Crippen MR) is 106 cm³/mol. The first-order valence-electron chi connectivity index (χ1n) is 9.76. The highest BCUT2D eigenvalue weighted by Gasteiger charge is 2.33. The fourth-order valence-electron chi connectivity index (χ4n) is 3.19. The Bertz CT molecular complexity index is 900. The molecule has 164 valence electrons. The van der Waals surface area contributed by atoms with E-state index in [1.54, 1.807) is 6.07 Å². The van der Waals surface area contributed by atoms with E-state index in [0.717, 1.165) is 12.0 Å². The van der Waals surface area contributed by atoms with Crippen LogP contribution in [-0.2, 0) is 25.4 Å². The number of ether oxygens (including phenoxy) is 3. The van der Waals surface area contributed by atoms with Gasteiger partial charge in [-0.05, 0) is 30.4 Å². The molecule has 1 aromatic carbocycles. The molecule has 30 heavy (non-hydrogen) atoms. The summed E-state index contributed by atoms with van der Waals surface area (Å²) in [4.78, 5) is 26.8.